The topological polar surface area (TPSA) is 81.4 Å². The molecule has 0 rings (SSSR count). The molecule has 2 atom stereocenters. The minimum Gasteiger partial charge on any atom is -0.469 e. The molecule has 1 amide bonds. The summed E-state index contributed by atoms with van der Waals surface area (Å²) in [5, 5.41) is 3.16. The van der Waals surface area contributed by atoms with Gasteiger partial charge in [0.25, 0.3) is 0 Å². The second-order valence-corrected chi connectivity index (χ2v) is 8.41. The Balaban J connectivity index is 4.09. The van der Waals surface area contributed by atoms with Crippen LogP contribution in [0.25, 0.3) is 0 Å². The van der Waals surface area contributed by atoms with Crippen LogP contribution in [0.3, 0.4) is 0 Å². The number of amides is 1. The first-order chi connectivity index (χ1) is 13.9. The van der Waals surface area contributed by atoms with Crippen molar-refractivity contribution in [3.8, 4) is 0 Å². The van der Waals surface area contributed by atoms with E-state index in [0.29, 0.717) is 6.42 Å². The van der Waals surface area contributed by atoms with Gasteiger partial charge in [-0.15, -0.1) is 0 Å². The van der Waals surface area contributed by atoms with Crippen LogP contribution in [-0.4, -0.2) is 31.1 Å². The van der Waals surface area contributed by atoms with Gasteiger partial charge in [-0.05, 0) is 38.0 Å². The summed E-state index contributed by atoms with van der Waals surface area (Å²) in [6, 6.07) is -0.255. The van der Waals surface area contributed by atoms with Crippen molar-refractivity contribution in [1.29, 1.82) is 0 Å². The Morgan fingerprint density at radius 2 is 1.62 bits per heavy atom. The van der Waals surface area contributed by atoms with Gasteiger partial charge in [-0.2, -0.15) is 0 Å². The number of allylic oxidation sites excluding steroid dienone is 1. The Bertz CT molecular complexity index is 449. The maximum absolute atomic E-state index is 12.3. The van der Waals surface area contributed by atoms with Crippen molar-refractivity contribution >= 4 is 11.9 Å². The normalized spacial score (nSPS) is 13.6. The number of methoxy groups -OCH3 is 1. The van der Waals surface area contributed by atoms with E-state index in [1.165, 1.54) is 39.2 Å². The summed E-state index contributed by atoms with van der Waals surface area (Å²) in [7, 11) is 1.44. The smallest absolute Gasteiger partial charge is 0.305 e. The van der Waals surface area contributed by atoms with E-state index in [1.807, 2.05) is 13.8 Å². The molecule has 3 N–H and O–H groups in total. The fourth-order valence-electron chi connectivity index (χ4n) is 3.21. The molecule has 0 aromatic rings. The van der Waals surface area contributed by atoms with Gasteiger partial charge >= 0.3 is 5.97 Å². The summed E-state index contributed by atoms with van der Waals surface area (Å²) in [4.78, 5) is 23.4. The van der Waals surface area contributed by atoms with E-state index in [1.54, 1.807) is 0 Å². The first-order valence-corrected chi connectivity index (χ1v) is 11.7. The summed E-state index contributed by atoms with van der Waals surface area (Å²) >= 11 is 0. The lowest BCUT2D eigenvalue weighted by molar-refractivity contribution is -0.140. The number of ether oxygens (including phenoxy) is 1. The van der Waals surface area contributed by atoms with Crippen LogP contribution in [-0.2, 0) is 14.3 Å². The molecule has 0 saturated carbocycles. The molecule has 0 heterocycles. The average molecular weight is 411 g/mol. The summed E-state index contributed by atoms with van der Waals surface area (Å²) in [6.07, 6.45) is 18.3. The largest absolute Gasteiger partial charge is 0.469 e. The van der Waals surface area contributed by atoms with Gasteiger partial charge in [0.05, 0.1) is 13.2 Å². The van der Waals surface area contributed by atoms with E-state index in [4.69, 9.17) is 5.73 Å². The summed E-state index contributed by atoms with van der Waals surface area (Å²) < 4.78 is 4.65. The third-order valence-electron chi connectivity index (χ3n) is 5.34. The molecule has 5 heteroatoms. The van der Waals surface area contributed by atoms with E-state index in [0.717, 1.165) is 44.9 Å². The minimum atomic E-state index is -0.434. The van der Waals surface area contributed by atoms with Gasteiger partial charge in [-0.1, -0.05) is 77.9 Å². The zero-order valence-corrected chi connectivity index (χ0v) is 19.4. The quantitative estimate of drug-likeness (QED) is 0.183. The van der Waals surface area contributed by atoms with Crippen LogP contribution in [0.2, 0.25) is 0 Å². The number of rotatable bonds is 18. The lowest BCUT2D eigenvalue weighted by Crippen LogP contribution is -2.47. The van der Waals surface area contributed by atoms with E-state index < -0.39 is 6.04 Å². The van der Waals surface area contributed by atoms with Crippen LogP contribution < -0.4 is 11.1 Å². The molecule has 0 radical (unpaired) electrons. The predicted molar refractivity (Wildman–Crippen MR) is 122 cm³/mol. The number of carbonyl (C=O) groups is 2. The average Bonchev–Trinajstić information content (AvgIpc) is 2.70. The van der Waals surface area contributed by atoms with Crippen LogP contribution in [0, 0.1) is 5.92 Å². The van der Waals surface area contributed by atoms with Crippen LogP contribution in [0.15, 0.2) is 12.2 Å². The Morgan fingerprint density at radius 1 is 0.966 bits per heavy atom. The number of hydrogen-bond acceptors (Lipinski definition) is 4. The number of nitrogens with two attached hydrogens (primary N) is 1. The summed E-state index contributed by atoms with van der Waals surface area (Å²) in [6.45, 7) is 6.18. The van der Waals surface area contributed by atoms with Crippen molar-refractivity contribution in [3.05, 3.63) is 12.2 Å². The lowest BCUT2D eigenvalue weighted by atomic mass is 10.0. The number of nitrogens with one attached hydrogen (secondary N) is 1. The van der Waals surface area contributed by atoms with Gasteiger partial charge < -0.3 is 15.8 Å². The first-order valence-electron chi connectivity index (χ1n) is 11.7. The third-order valence-corrected chi connectivity index (χ3v) is 5.34. The van der Waals surface area contributed by atoms with E-state index >= 15 is 0 Å². The van der Waals surface area contributed by atoms with Gasteiger partial charge in [0.2, 0.25) is 5.91 Å². The van der Waals surface area contributed by atoms with Gasteiger partial charge in [-0.25, -0.2) is 0 Å². The molecule has 0 saturated heterocycles. The standard InChI is InChI=1S/C24H46N2O3/c1-5-6-7-14-17-21(26-24(28)23(25)20(2)3)18-15-12-10-8-9-11-13-16-19-22(27)29-4/h12,15,20-21,23H,5-11,13-14,16-19,25H2,1-4H3,(H,26,28)/b15-12-/t21?,23-/m0/s1. The van der Waals surface area contributed by atoms with Crippen molar-refractivity contribution < 1.29 is 14.3 Å². The Morgan fingerprint density at radius 3 is 2.28 bits per heavy atom. The van der Waals surface area contributed by atoms with Crippen LogP contribution >= 0.6 is 0 Å². The molecule has 170 valence electrons. The van der Waals surface area contributed by atoms with Crippen molar-refractivity contribution in [1.82, 2.24) is 5.32 Å². The van der Waals surface area contributed by atoms with E-state index in [-0.39, 0.29) is 23.8 Å². The van der Waals surface area contributed by atoms with E-state index in [9.17, 15) is 9.59 Å². The van der Waals surface area contributed by atoms with Crippen molar-refractivity contribution in [2.75, 3.05) is 7.11 Å². The lowest BCUT2D eigenvalue weighted by Gasteiger charge is -2.22. The molecule has 1 unspecified atom stereocenters. The minimum absolute atomic E-state index is 0.0270. The summed E-state index contributed by atoms with van der Waals surface area (Å²) in [5.74, 6) is 0.0124. The van der Waals surface area contributed by atoms with E-state index in [2.05, 4.69) is 29.1 Å². The summed E-state index contributed by atoms with van der Waals surface area (Å²) in [5.41, 5.74) is 6.00. The highest BCUT2D eigenvalue weighted by atomic mass is 16.5. The Kier molecular flexibility index (Phi) is 17.8. The molecule has 0 bridgehead atoms. The molecule has 29 heavy (non-hydrogen) atoms. The Hall–Kier alpha value is -1.36. The second kappa shape index (κ2) is 18.7. The van der Waals surface area contributed by atoms with Crippen molar-refractivity contribution in [2.24, 2.45) is 11.7 Å². The molecule has 0 aromatic heterocycles. The van der Waals surface area contributed by atoms with Gasteiger partial charge in [0.1, 0.15) is 0 Å². The monoisotopic (exact) mass is 410 g/mol. The van der Waals surface area contributed by atoms with Gasteiger partial charge in [0.15, 0.2) is 0 Å². The zero-order chi connectivity index (χ0) is 21.9. The third kappa shape index (κ3) is 16.2. The highest BCUT2D eigenvalue weighted by molar-refractivity contribution is 5.82. The molecule has 0 aliphatic rings. The van der Waals surface area contributed by atoms with Crippen molar-refractivity contribution in [2.45, 2.75) is 116 Å². The molecule has 5 nitrogen and oxygen atoms in total. The first kappa shape index (κ1) is 27.6. The number of carbonyl (C=O) groups excluding carboxylic acids is 2. The molecule has 0 aromatic carbocycles. The number of esters is 1. The second-order valence-electron chi connectivity index (χ2n) is 8.41. The maximum atomic E-state index is 12.3. The van der Waals surface area contributed by atoms with Crippen LogP contribution in [0.1, 0.15) is 104 Å². The van der Waals surface area contributed by atoms with Crippen LogP contribution in [0.4, 0.5) is 0 Å². The molecule has 0 spiro atoms. The van der Waals surface area contributed by atoms with Gasteiger partial charge in [0, 0.05) is 12.5 Å². The molecular formula is C24H46N2O3. The maximum Gasteiger partial charge on any atom is 0.305 e. The molecule has 0 aliphatic carbocycles. The molecule has 0 fully saturated rings. The highest BCUT2D eigenvalue weighted by Crippen LogP contribution is 2.12. The van der Waals surface area contributed by atoms with Gasteiger partial charge in [-0.3, -0.25) is 9.59 Å². The predicted octanol–water partition coefficient (Wildman–Crippen LogP) is 5.27. The highest BCUT2D eigenvalue weighted by Gasteiger charge is 2.19. The molecular weight excluding hydrogens is 364 g/mol. The fraction of sp³-hybridized carbons (Fsp3) is 0.833. The number of unbranched alkanes of at least 4 members (excludes halogenated alkanes) is 8. The molecule has 0 aliphatic heterocycles. The van der Waals surface area contributed by atoms with Crippen LogP contribution in [0.5, 0.6) is 0 Å². The number of hydrogen-bond donors (Lipinski definition) is 2. The fourth-order valence-corrected chi connectivity index (χ4v) is 3.21. The Labute approximate surface area is 179 Å². The van der Waals surface area contributed by atoms with Crippen molar-refractivity contribution in [3.63, 3.8) is 0 Å². The zero-order valence-electron chi connectivity index (χ0n) is 19.4. The SMILES string of the molecule is CCCCCCC(C/C=C\CCCCCCCC(=O)OC)NC(=O)[C@@H](N)C(C)C.